The Morgan fingerprint density at radius 3 is 2.65 bits per heavy atom. The van der Waals surface area contributed by atoms with Crippen LogP contribution in [0, 0.1) is 5.82 Å². The molecule has 3 aromatic rings. The molecule has 1 aliphatic heterocycles. The molecule has 0 unspecified atom stereocenters. The van der Waals surface area contributed by atoms with E-state index in [1.807, 2.05) is 24.3 Å². The van der Waals surface area contributed by atoms with Crippen LogP contribution >= 0.6 is 11.6 Å². The molecule has 0 saturated heterocycles. The summed E-state index contributed by atoms with van der Waals surface area (Å²) in [5, 5.41) is 3.03. The van der Waals surface area contributed by atoms with Crippen LogP contribution < -0.4 is 15.0 Å². The number of ether oxygens (including phenoxy) is 1. The van der Waals surface area contributed by atoms with Gasteiger partial charge in [-0.15, -0.1) is 0 Å². The molecule has 0 aliphatic carbocycles. The number of anilines is 2. The summed E-state index contributed by atoms with van der Waals surface area (Å²) < 4.78 is 19.8. The first-order chi connectivity index (χ1) is 16.3. The molecule has 0 saturated carbocycles. The maximum atomic E-state index is 14.3. The summed E-state index contributed by atoms with van der Waals surface area (Å²) in [7, 11) is 0. The predicted molar refractivity (Wildman–Crippen MR) is 133 cm³/mol. The highest BCUT2D eigenvalue weighted by atomic mass is 35.5. The van der Waals surface area contributed by atoms with Gasteiger partial charge in [-0.25, -0.2) is 4.39 Å². The maximum Gasteiger partial charge on any atom is 0.265 e. The van der Waals surface area contributed by atoms with Crippen molar-refractivity contribution in [3.8, 4) is 5.75 Å². The summed E-state index contributed by atoms with van der Waals surface area (Å²) in [6, 6.07) is 17.4. The minimum absolute atomic E-state index is 0.0512. The van der Waals surface area contributed by atoms with Crippen molar-refractivity contribution in [2.75, 3.05) is 16.8 Å². The second-order valence-corrected chi connectivity index (χ2v) is 8.70. The maximum absolute atomic E-state index is 14.3. The van der Waals surface area contributed by atoms with Gasteiger partial charge in [-0.05, 0) is 53.5 Å². The molecule has 174 valence electrons. The molecule has 3 aromatic carbocycles. The van der Waals surface area contributed by atoms with Crippen LogP contribution in [-0.4, -0.2) is 18.4 Å². The molecule has 0 atom stereocenters. The molecule has 1 N–H and O–H groups in total. The third kappa shape index (κ3) is 5.29. The molecule has 34 heavy (non-hydrogen) atoms. The minimum atomic E-state index is -0.496. The normalized spacial score (nSPS) is 13.2. The third-order valence-corrected chi connectivity index (χ3v) is 5.93. The summed E-state index contributed by atoms with van der Waals surface area (Å²) in [6.07, 6.45) is 3.18. The first kappa shape index (κ1) is 23.5. The summed E-state index contributed by atoms with van der Waals surface area (Å²) >= 11 is 6.16. The quantitative estimate of drug-likeness (QED) is 0.430. The monoisotopic (exact) mass is 478 g/mol. The molecule has 0 aromatic heterocycles. The van der Waals surface area contributed by atoms with Gasteiger partial charge in [-0.1, -0.05) is 55.8 Å². The fourth-order valence-corrected chi connectivity index (χ4v) is 3.87. The molecule has 0 spiro atoms. The lowest BCUT2D eigenvalue weighted by molar-refractivity contribution is -0.121. The number of hydrogen-bond acceptors (Lipinski definition) is 3. The molecular weight excluding hydrogens is 455 g/mol. The van der Waals surface area contributed by atoms with Crippen molar-refractivity contribution in [3.05, 3.63) is 94.3 Å². The smallest absolute Gasteiger partial charge is 0.265 e. The molecule has 4 rings (SSSR count). The summed E-state index contributed by atoms with van der Waals surface area (Å²) in [5.74, 6) is -0.245. The van der Waals surface area contributed by atoms with E-state index in [2.05, 4.69) is 19.2 Å². The number of nitrogens with one attached hydrogen (secondary N) is 1. The highest BCUT2D eigenvalue weighted by Crippen LogP contribution is 2.36. The Kier molecular flexibility index (Phi) is 6.98. The summed E-state index contributed by atoms with van der Waals surface area (Å²) in [4.78, 5) is 26.5. The van der Waals surface area contributed by atoms with Crippen molar-refractivity contribution in [1.82, 2.24) is 0 Å². The van der Waals surface area contributed by atoms with Crippen LogP contribution in [-0.2, 0) is 16.1 Å². The van der Waals surface area contributed by atoms with Gasteiger partial charge in [-0.3, -0.25) is 9.59 Å². The average Bonchev–Trinajstić information content (AvgIpc) is 2.81. The zero-order valence-corrected chi connectivity index (χ0v) is 19.6. The van der Waals surface area contributed by atoms with E-state index in [1.54, 1.807) is 30.3 Å². The van der Waals surface area contributed by atoms with E-state index in [-0.39, 0.29) is 35.6 Å². The number of carbonyl (C=O) groups is 2. The fraction of sp³-hybridized carbons (Fsp3) is 0.185. The van der Waals surface area contributed by atoms with Crippen LogP contribution in [0.4, 0.5) is 15.8 Å². The second kappa shape index (κ2) is 10.1. The lowest BCUT2D eigenvalue weighted by Crippen LogP contribution is -2.38. The molecular formula is C27H24ClFN2O3. The molecule has 0 bridgehead atoms. The summed E-state index contributed by atoms with van der Waals surface area (Å²) in [5.41, 5.74) is 3.27. The minimum Gasteiger partial charge on any atom is -0.482 e. The second-order valence-electron chi connectivity index (χ2n) is 8.30. The zero-order valence-electron chi connectivity index (χ0n) is 18.8. The predicted octanol–water partition coefficient (Wildman–Crippen LogP) is 6.18. The van der Waals surface area contributed by atoms with Gasteiger partial charge >= 0.3 is 0 Å². The highest BCUT2D eigenvalue weighted by Gasteiger charge is 2.27. The molecule has 7 heteroatoms. The van der Waals surface area contributed by atoms with E-state index in [9.17, 15) is 14.0 Å². The Bertz CT molecular complexity index is 1230. The molecule has 0 fully saturated rings. The van der Waals surface area contributed by atoms with Gasteiger partial charge in [0.25, 0.3) is 5.91 Å². The van der Waals surface area contributed by atoms with Crippen LogP contribution in [0.25, 0.3) is 6.08 Å². The van der Waals surface area contributed by atoms with Crippen LogP contribution in [0.15, 0.2) is 66.7 Å². The lowest BCUT2D eigenvalue weighted by Gasteiger charge is -2.30. The number of hydrogen-bond donors (Lipinski definition) is 1. The zero-order chi connectivity index (χ0) is 24.2. The van der Waals surface area contributed by atoms with E-state index >= 15 is 0 Å². The van der Waals surface area contributed by atoms with Crippen LogP contribution in [0.3, 0.4) is 0 Å². The summed E-state index contributed by atoms with van der Waals surface area (Å²) in [6.45, 7) is 4.04. The number of carbonyl (C=O) groups excluding carboxylic acids is 2. The van der Waals surface area contributed by atoms with Crippen molar-refractivity contribution >= 4 is 40.9 Å². The van der Waals surface area contributed by atoms with E-state index in [0.717, 1.165) is 5.56 Å². The molecule has 5 nitrogen and oxygen atoms in total. The fourth-order valence-electron chi connectivity index (χ4n) is 3.64. The lowest BCUT2D eigenvalue weighted by atomic mass is 10.0. The van der Waals surface area contributed by atoms with E-state index in [4.69, 9.17) is 16.3 Å². The Morgan fingerprint density at radius 1 is 1.18 bits per heavy atom. The number of benzene rings is 3. The third-order valence-electron chi connectivity index (χ3n) is 5.58. The Labute approximate surface area is 202 Å². The topological polar surface area (TPSA) is 58.6 Å². The largest absolute Gasteiger partial charge is 0.482 e. The van der Waals surface area contributed by atoms with Gasteiger partial charge in [0, 0.05) is 22.3 Å². The number of nitrogens with zero attached hydrogens (tertiary/aromatic N) is 1. The number of amides is 2. The van der Waals surface area contributed by atoms with E-state index in [1.165, 1.54) is 28.7 Å². The Hall–Kier alpha value is -3.64. The number of fused-ring (bicyclic) bond motifs is 1. The van der Waals surface area contributed by atoms with Crippen molar-refractivity contribution in [3.63, 3.8) is 0 Å². The van der Waals surface area contributed by atoms with Crippen LogP contribution in [0.5, 0.6) is 5.75 Å². The SMILES string of the molecule is CC(C)c1ccc(/C=C/C(=O)Nc2ccc3c(c2)N(Cc2c(F)cccc2Cl)C(=O)CO3)cc1. The molecule has 1 aliphatic rings. The van der Waals surface area contributed by atoms with Gasteiger partial charge in [-0.2, -0.15) is 0 Å². The van der Waals surface area contributed by atoms with Crippen molar-refractivity contribution in [2.45, 2.75) is 26.3 Å². The van der Waals surface area contributed by atoms with Crippen LogP contribution in [0.1, 0.15) is 36.5 Å². The van der Waals surface area contributed by atoms with Crippen molar-refractivity contribution in [1.29, 1.82) is 0 Å². The van der Waals surface area contributed by atoms with Crippen molar-refractivity contribution in [2.24, 2.45) is 0 Å². The Balaban J connectivity index is 1.51. The highest BCUT2D eigenvalue weighted by molar-refractivity contribution is 6.31. The van der Waals surface area contributed by atoms with Gasteiger partial charge < -0.3 is 15.0 Å². The first-order valence-corrected chi connectivity index (χ1v) is 11.3. The average molecular weight is 479 g/mol. The van der Waals surface area contributed by atoms with Gasteiger partial charge in [0.2, 0.25) is 5.91 Å². The number of halogens is 2. The van der Waals surface area contributed by atoms with Gasteiger partial charge in [0.1, 0.15) is 11.6 Å². The molecule has 2 amide bonds. The van der Waals surface area contributed by atoms with Crippen molar-refractivity contribution < 1.29 is 18.7 Å². The Morgan fingerprint density at radius 2 is 1.94 bits per heavy atom. The standard InChI is InChI=1S/C27H24ClFN2O3/c1-17(2)19-9-6-18(7-10-19)8-13-26(32)30-20-11-12-25-24(14-20)31(27(33)16-34-25)15-21-22(28)4-3-5-23(21)29/h3-14,17H,15-16H2,1-2H3,(H,30,32)/b13-8+. The first-order valence-electron chi connectivity index (χ1n) is 10.9. The van der Waals surface area contributed by atoms with Crippen LogP contribution in [0.2, 0.25) is 5.02 Å². The number of rotatable bonds is 6. The van der Waals surface area contributed by atoms with E-state index in [0.29, 0.717) is 23.0 Å². The van der Waals surface area contributed by atoms with Gasteiger partial charge in [0.05, 0.1) is 12.2 Å². The molecule has 1 heterocycles. The molecule has 0 radical (unpaired) electrons. The van der Waals surface area contributed by atoms with Gasteiger partial charge in [0.15, 0.2) is 6.61 Å². The van der Waals surface area contributed by atoms with E-state index < -0.39 is 5.82 Å².